The monoisotopic (exact) mass is 260 g/mol. The van der Waals surface area contributed by atoms with Crippen LogP contribution in [0.2, 0.25) is 0 Å². The Morgan fingerprint density at radius 1 is 1.56 bits per heavy atom. The van der Waals surface area contributed by atoms with Crippen molar-refractivity contribution in [2.24, 2.45) is 0 Å². The number of aliphatic hydroxyl groups is 1. The van der Waals surface area contributed by atoms with Crippen LogP contribution >= 0.6 is 0 Å². The maximum atomic E-state index is 11.0. The van der Waals surface area contributed by atoms with E-state index in [0.29, 0.717) is 13.0 Å². The Hall–Kier alpha value is -0.650. The van der Waals surface area contributed by atoms with Crippen molar-refractivity contribution in [1.82, 2.24) is 0 Å². The van der Waals surface area contributed by atoms with Crippen LogP contribution in [0.15, 0.2) is 0 Å². The second kappa shape index (κ2) is 6.50. The standard InChI is InChI=1S/C13H24O5/c1-5-6-7-16-11-8-13(4,15)12(9(2)17-11)18-10(3)14/h9,11-12,15H,5-8H2,1-4H3/t9-,11-,12-,13+/m1/s1. The van der Waals surface area contributed by atoms with Crippen molar-refractivity contribution in [2.75, 3.05) is 6.61 Å². The maximum absolute atomic E-state index is 11.0. The minimum Gasteiger partial charge on any atom is -0.457 e. The third-order valence-corrected chi connectivity index (χ3v) is 3.08. The first kappa shape index (κ1) is 15.4. The minimum atomic E-state index is -1.12. The van der Waals surface area contributed by atoms with Crippen molar-refractivity contribution in [2.45, 2.75) is 71.1 Å². The SMILES string of the molecule is CCCCO[C@H]1C[C@](C)(O)[C@H](OC(C)=O)[C@@H](C)O1. The number of ether oxygens (including phenoxy) is 3. The second-order valence-corrected chi connectivity index (χ2v) is 5.09. The average Bonchev–Trinajstić information content (AvgIpc) is 2.23. The summed E-state index contributed by atoms with van der Waals surface area (Å²) >= 11 is 0. The van der Waals surface area contributed by atoms with Gasteiger partial charge in [-0.05, 0) is 20.3 Å². The van der Waals surface area contributed by atoms with Gasteiger partial charge in [-0.3, -0.25) is 4.79 Å². The summed E-state index contributed by atoms with van der Waals surface area (Å²) in [7, 11) is 0. The predicted molar refractivity (Wildman–Crippen MR) is 66.0 cm³/mol. The lowest BCUT2D eigenvalue weighted by Crippen LogP contribution is -2.56. The Morgan fingerprint density at radius 2 is 2.22 bits per heavy atom. The van der Waals surface area contributed by atoms with Crippen molar-refractivity contribution < 1.29 is 24.1 Å². The molecule has 5 nitrogen and oxygen atoms in total. The van der Waals surface area contributed by atoms with Gasteiger partial charge >= 0.3 is 5.97 Å². The average molecular weight is 260 g/mol. The largest absolute Gasteiger partial charge is 0.457 e. The van der Waals surface area contributed by atoms with Crippen LogP contribution in [0.1, 0.15) is 47.0 Å². The van der Waals surface area contributed by atoms with Gasteiger partial charge in [-0.15, -0.1) is 0 Å². The van der Waals surface area contributed by atoms with Gasteiger partial charge in [0.2, 0.25) is 0 Å². The number of rotatable bonds is 5. The Kier molecular flexibility index (Phi) is 5.56. The van der Waals surface area contributed by atoms with E-state index in [4.69, 9.17) is 14.2 Å². The molecule has 0 aliphatic carbocycles. The molecule has 1 rings (SSSR count). The molecule has 18 heavy (non-hydrogen) atoms. The van der Waals surface area contributed by atoms with Gasteiger partial charge in [0.25, 0.3) is 0 Å². The van der Waals surface area contributed by atoms with Gasteiger partial charge in [-0.1, -0.05) is 13.3 Å². The van der Waals surface area contributed by atoms with Crippen LogP contribution in [-0.2, 0) is 19.0 Å². The highest BCUT2D eigenvalue weighted by Gasteiger charge is 2.46. The molecule has 0 bridgehead atoms. The molecule has 0 spiro atoms. The van der Waals surface area contributed by atoms with E-state index >= 15 is 0 Å². The highest BCUT2D eigenvalue weighted by Crippen LogP contribution is 2.31. The highest BCUT2D eigenvalue weighted by atomic mass is 16.7. The Balaban J connectivity index is 2.56. The number of esters is 1. The second-order valence-electron chi connectivity index (χ2n) is 5.09. The first-order valence-electron chi connectivity index (χ1n) is 6.53. The fourth-order valence-electron chi connectivity index (χ4n) is 2.18. The van der Waals surface area contributed by atoms with E-state index in [0.717, 1.165) is 12.8 Å². The Bertz CT molecular complexity index is 277. The van der Waals surface area contributed by atoms with Gasteiger partial charge in [0, 0.05) is 20.0 Å². The van der Waals surface area contributed by atoms with E-state index in [1.54, 1.807) is 13.8 Å². The zero-order chi connectivity index (χ0) is 13.8. The molecule has 0 amide bonds. The van der Waals surface area contributed by atoms with Crippen LogP contribution in [0.4, 0.5) is 0 Å². The fraction of sp³-hybridized carbons (Fsp3) is 0.923. The molecule has 1 fully saturated rings. The van der Waals surface area contributed by atoms with Crippen LogP contribution in [0, 0.1) is 0 Å². The Morgan fingerprint density at radius 3 is 2.72 bits per heavy atom. The van der Waals surface area contributed by atoms with Gasteiger partial charge < -0.3 is 19.3 Å². The number of unbranched alkanes of at least 4 members (excludes halogenated alkanes) is 1. The lowest BCUT2D eigenvalue weighted by Gasteiger charge is -2.43. The number of carbonyl (C=O) groups excluding carboxylic acids is 1. The molecule has 1 heterocycles. The summed E-state index contributed by atoms with van der Waals surface area (Å²) in [4.78, 5) is 11.0. The van der Waals surface area contributed by atoms with E-state index in [1.165, 1.54) is 6.92 Å². The molecule has 0 aromatic carbocycles. The van der Waals surface area contributed by atoms with Crippen LogP contribution in [-0.4, -0.2) is 41.8 Å². The molecule has 1 saturated heterocycles. The van der Waals surface area contributed by atoms with Crippen LogP contribution in [0.25, 0.3) is 0 Å². The van der Waals surface area contributed by atoms with Gasteiger partial charge in [0.05, 0.1) is 6.10 Å². The number of carbonyl (C=O) groups is 1. The molecule has 106 valence electrons. The molecule has 1 N–H and O–H groups in total. The van der Waals surface area contributed by atoms with Crippen LogP contribution < -0.4 is 0 Å². The van der Waals surface area contributed by atoms with Gasteiger partial charge in [0.15, 0.2) is 12.4 Å². The number of hydrogen-bond donors (Lipinski definition) is 1. The van der Waals surface area contributed by atoms with E-state index in [2.05, 4.69) is 6.92 Å². The lowest BCUT2D eigenvalue weighted by molar-refractivity contribution is -0.276. The topological polar surface area (TPSA) is 65.0 Å². The first-order valence-corrected chi connectivity index (χ1v) is 6.53. The minimum absolute atomic E-state index is 0.305. The van der Waals surface area contributed by atoms with E-state index in [9.17, 15) is 9.90 Å². The lowest BCUT2D eigenvalue weighted by atomic mass is 9.88. The third-order valence-electron chi connectivity index (χ3n) is 3.08. The molecule has 0 saturated carbocycles. The first-order chi connectivity index (χ1) is 8.36. The molecule has 0 aromatic rings. The summed E-state index contributed by atoms with van der Waals surface area (Å²) in [5, 5.41) is 10.3. The third kappa shape index (κ3) is 4.23. The Labute approximate surface area is 108 Å². The van der Waals surface area contributed by atoms with Crippen LogP contribution in [0.5, 0.6) is 0 Å². The summed E-state index contributed by atoms with van der Waals surface area (Å²) in [5.74, 6) is -0.416. The molecule has 0 aromatic heterocycles. The van der Waals surface area contributed by atoms with Gasteiger partial charge in [-0.2, -0.15) is 0 Å². The quantitative estimate of drug-likeness (QED) is 0.601. The molecular weight excluding hydrogens is 236 g/mol. The molecule has 5 heteroatoms. The molecule has 1 aliphatic rings. The smallest absolute Gasteiger partial charge is 0.303 e. The number of hydrogen-bond acceptors (Lipinski definition) is 5. The molecule has 4 atom stereocenters. The summed E-state index contributed by atoms with van der Waals surface area (Å²) < 4.78 is 16.3. The van der Waals surface area contributed by atoms with Crippen molar-refractivity contribution in [3.8, 4) is 0 Å². The summed E-state index contributed by atoms with van der Waals surface area (Å²) in [6.07, 6.45) is 0.843. The zero-order valence-corrected chi connectivity index (χ0v) is 11.6. The maximum Gasteiger partial charge on any atom is 0.303 e. The zero-order valence-electron chi connectivity index (χ0n) is 11.6. The van der Waals surface area contributed by atoms with Gasteiger partial charge in [-0.25, -0.2) is 0 Å². The van der Waals surface area contributed by atoms with Crippen molar-refractivity contribution in [3.63, 3.8) is 0 Å². The van der Waals surface area contributed by atoms with Crippen LogP contribution in [0.3, 0.4) is 0 Å². The van der Waals surface area contributed by atoms with E-state index in [-0.39, 0.29) is 6.10 Å². The molecule has 0 radical (unpaired) electrons. The van der Waals surface area contributed by atoms with E-state index in [1.807, 2.05) is 0 Å². The van der Waals surface area contributed by atoms with E-state index < -0.39 is 24.0 Å². The predicted octanol–water partition coefficient (Wildman–Crippen LogP) is 1.62. The molecule has 0 unspecified atom stereocenters. The fourth-order valence-corrected chi connectivity index (χ4v) is 2.18. The van der Waals surface area contributed by atoms with Gasteiger partial charge in [0.1, 0.15) is 5.60 Å². The molecular formula is C13H24O5. The van der Waals surface area contributed by atoms with Crippen molar-refractivity contribution in [1.29, 1.82) is 0 Å². The summed E-state index contributed by atoms with van der Waals surface area (Å²) in [6.45, 7) is 7.45. The van der Waals surface area contributed by atoms with Crippen molar-refractivity contribution in [3.05, 3.63) is 0 Å². The highest BCUT2D eigenvalue weighted by molar-refractivity contribution is 5.66. The summed E-state index contributed by atoms with van der Waals surface area (Å²) in [6, 6.07) is 0. The normalized spacial score (nSPS) is 36.4. The summed E-state index contributed by atoms with van der Waals surface area (Å²) in [5.41, 5.74) is -1.12. The van der Waals surface area contributed by atoms with Crippen molar-refractivity contribution >= 4 is 5.97 Å². The molecule has 1 aliphatic heterocycles.